The lowest BCUT2D eigenvalue weighted by Crippen LogP contribution is -2.18. The van der Waals surface area contributed by atoms with E-state index in [1.807, 2.05) is 32.0 Å². The SMILES string of the molecule is CC(C)Oc1cccc2c1ccn2COCC(F)(F)F. The lowest BCUT2D eigenvalue weighted by molar-refractivity contribution is -0.181. The van der Waals surface area contributed by atoms with Crippen LogP contribution in [0.5, 0.6) is 5.75 Å². The van der Waals surface area contributed by atoms with E-state index >= 15 is 0 Å². The Hall–Kier alpha value is -1.69. The van der Waals surface area contributed by atoms with Crippen LogP contribution in [0.2, 0.25) is 0 Å². The molecular formula is C14H16F3NO2. The molecular weight excluding hydrogens is 271 g/mol. The molecule has 6 heteroatoms. The fourth-order valence-corrected chi connectivity index (χ4v) is 1.92. The molecule has 20 heavy (non-hydrogen) atoms. The molecule has 0 spiro atoms. The fraction of sp³-hybridized carbons (Fsp3) is 0.429. The second kappa shape index (κ2) is 5.75. The minimum Gasteiger partial charge on any atom is -0.490 e. The molecule has 0 aliphatic rings. The normalized spacial score (nSPS) is 12.3. The second-order valence-electron chi connectivity index (χ2n) is 4.73. The molecule has 1 heterocycles. The molecule has 0 aliphatic carbocycles. The number of fused-ring (bicyclic) bond motifs is 1. The van der Waals surface area contributed by atoms with Crippen LogP contribution in [0.25, 0.3) is 10.9 Å². The van der Waals surface area contributed by atoms with Gasteiger partial charge in [0.2, 0.25) is 0 Å². The Morgan fingerprint density at radius 3 is 2.60 bits per heavy atom. The molecule has 2 aromatic rings. The van der Waals surface area contributed by atoms with Crippen LogP contribution < -0.4 is 4.74 Å². The van der Waals surface area contributed by atoms with Crippen LogP contribution in [0.4, 0.5) is 13.2 Å². The highest BCUT2D eigenvalue weighted by Gasteiger charge is 2.27. The highest BCUT2D eigenvalue weighted by molar-refractivity contribution is 5.86. The van der Waals surface area contributed by atoms with Crippen molar-refractivity contribution >= 4 is 10.9 Å². The van der Waals surface area contributed by atoms with Crippen molar-refractivity contribution in [2.45, 2.75) is 32.9 Å². The van der Waals surface area contributed by atoms with Gasteiger partial charge in [-0.25, -0.2) is 0 Å². The van der Waals surface area contributed by atoms with Gasteiger partial charge in [-0.15, -0.1) is 0 Å². The predicted molar refractivity (Wildman–Crippen MR) is 69.7 cm³/mol. The standard InChI is InChI=1S/C14H16F3NO2/c1-10(2)20-13-5-3-4-12-11(13)6-7-18(12)9-19-8-14(15,16)17/h3-7,10H,8-9H2,1-2H3. The van der Waals surface area contributed by atoms with E-state index in [4.69, 9.17) is 4.74 Å². The lowest BCUT2D eigenvalue weighted by Gasteiger charge is -2.12. The van der Waals surface area contributed by atoms with Crippen molar-refractivity contribution in [2.24, 2.45) is 0 Å². The molecule has 0 saturated heterocycles. The number of rotatable bonds is 5. The third-order valence-electron chi connectivity index (χ3n) is 2.63. The first-order valence-electron chi connectivity index (χ1n) is 6.26. The number of aromatic nitrogens is 1. The zero-order valence-electron chi connectivity index (χ0n) is 11.3. The lowest BCUT2D eigenvalue weighted by atomic mass is 10.2. The van der Waals surface area contributed by atoms with Gasteiger partial charge in [-0.05, 0) is 32.0 Å². The van der Waals surface area contributed by atoms with E-state index in [1.54, 1.807) is 16.8 Å². The summed E-state index contributed by atoms with van der Waals surface area (Å²) in [6.07, 6.45) is -2.59. The average Bonchev–Trinajstić information content (AvgIpc) is 2.71. The van der Waals surface area contributed by atoms with E-state index in [0.29, 0.717) is 5.75 Å². The van der Waals surface area contributed by atoms with Crippen molar-refractivity contribution in [1.82, 2.24) is 4.57 Å². The first-order valence-corrected chi connectivity index (χ1v) is 6.26. The van der Waals surface area contributed by atoms with E-state index in [0.717, 1.165) is 10.9 Å². The molecule has 110 valence electrons. The summed E-state index contributed by atoms with van der Waals surface area (Å²) < 4.78 is 48.1. The van der Waals surface area contributed by atoms with Crippen molar-refractivity contribution in [1.29, 1.82) is 0 Å². The summed E-state index contributed by atoms with van der Waals surface area (Å²) in [5.74, 6) is 0.715. The molecule has 0 radical (unpaired) electrons. The summed E-state index contributed by atoms with van der Waals surface area (Å²) in [4.78, 5) is 0. The van der Waals surface area contributed by atoms with Crippen molar-refractivity contribution in [3.05, 3.63) is 30.5 Å². The van der Waals surface area contributed by atoms with E-state index in [2.05, 4.69) is 4.74 Å². The maximum atomic E-state index is 12.1. The second-order valence-corrected chi connectivity index (χ2v) is 4.73. The van der Waals surface area contributed by atoms with Gasteiger partial charge in [0.25, 0.3) is 0 Å². The summed E-state index contributed by atoms with van der Waals surface area (Å²) in [5, 5.41) is 0.858. The molecule has 0 amide bonds. The first kappa shape index (κ1) is 14.7. The maximum absolute atomic E-state index is 12.1. The van der Waals surface area contributed by atoms with Crippen LogP contribution in [0.1, 0.15) is 13.8 Å². The van der Waals surface area contributed by atoms with Gasteiger partial charge >= 0.3 is 6.18 Å². The van der Waals surface area contributed by atoms with Crippen molar-refractivity contribution in [3.8, 4) is 5.75 Å². The number of halogens is 3. The zero-order chi connectivity index (χ0) is 14.8. The van der Waals surface area contributed by atoms with Crippen LogP contribution in [-0.2, 0) is 11.5 Å². The number of ether oxygens (including phenoxy) is 2. The van der Waals surface area contributed by atoms with Crippen molar-refractivity contribution in [2.75, 3.05) is 6.61 Å². The minimum absolute atomic E-state index is 0.0328. The van der Waals surface area contributed by atoms with Crippen molar-refractivity contribution < 1.29 is 22.6 Å². The third-order valence-corrected chi connectivity index (χ3v) is 2.63. The van der Waals surface area contributed by atoms with Crippen LogP contribution in [0.15, 0.2) is 30.5 Å². The highest BCUT2D eigenvalue weighted by Crippen LogP contribution is 2.27. The van der Waals surface area contributed by atoms with Gasteiger partial charge in [0.1, 0.15) is 19.1 Å². The zero-order valence-corrected chi connectivity index (χ0v) is 11.3. The molecule has 0 unspecified atom stereocenters. The largest absolute Gasteiger partial charge is 0.490 e. The topological polar surface area (TPSA) is 23.4 Å². The Kier molecular flexibility index (Phi) is 4.23. The average molecular weight is 287 g/mol. The Balaban J connectivity index is 2.16. The van der Waals surface area contributed by atoms with Gasteiger partial charge in [0, 0.05) is 11.6 Å². The van der Waals surface area contributed by atoms with Gasteiger partial charge in [-0.1, -0.05) is 6.07 Å². The molecule has 2 rings (SSSR count). The summed E-state index contributed by atoms with van der Waals surface area (Å²) in [7, 11) is 0. The molecule has 0 bridgehead atoms. The van der Waals surface area contributed by atoms with E-state index in [-0.39, 0.29) is 12.8 Å². The van der Waals surface area contributed by atoms with Gasteiger partial charge < -0.3 is 14.0 Å². The monoisotopic (exact) mass is 287 g/mol. The Morgan fingerprint density at radius 2 is 1.95 bits per heavy atom. The Morgan fingerprint density at radius 1 is 1.20 bits per heavy atom. The van der Waals surface area contributed by atoms with Crippen LogP contribution >= 0.6 is 0 Å². The summed E-state index contributed by atoms with van der Waals surface area (Å²) in [6.45, 7) is 2.44. The van der Waals surface area contributed by atoms with Crippen LogP contribution in [-0.4, -0.2) is 23.5 Å². The fourth-order valence-electron chi connectivity index (χ4n) is 1.92. The van der Waals surface area contributed by atoms with Gasteiger partial charge in [-0.3, -0.25) is 0 Å². The maximum Gasteiger partial charge on any atom is 0.411 e. The molecule has 0 N–H and O–H groups in total. The van der Waals surface area contributed by atoms with E-state index < -0.39 is 12.8 Å². The quantitative estimate of drug-likeness (QED) is 0.830. The molecule has 0 saturated carbocycles. The predicted octanol–water partition coefficient (Wildman–Crippen LogP) is 3.96. The van der Waals surface area contributed by atoms with Crippen LogP contribution in [0, 0.1) is 0 Å². The summed E-state index contributed by atoms with van der Waals surface area (Å²) in [5.41, 5.74) is 0.783. The van der Waals surface area contributed by atoms with Gasteiger partial charge in [0.15, 0.2) is 0 Å². The summed E-state index contributed by atoms with van der Waals surface area (Å²) in [6, 6.07) is 7.27. The van der Waals surface area contributed by atoms with Gasteiger partial charge in [-0.2, -0.15) is 13.2 Å². The van der Waals surface area contributed by atoms with E-state index in [9.17, 15) is 13.2 Å². The smallest absolute Gasteiger partial charge is 0.411 e. The molecule has 0 fully saturated rings. The highest BCUT2D eigenvalue weighted by atomic mass is 19.4. The number of alkyl halides is 3. The molecule has 0 atom stereocenters. The number of hydrogen-bond donors (Lipinski definition) is 0. The van der Waals surface area contributed by atoms with E-state index in [1.165, 1.54) is 0 Å². The van der Waals surface area contributed by atoms with Crippen LogP contribution in [0.3, 0.4) is 0 Å². The Labute approximate surface area is 114 Å². The molecule has 1 aromatic carbocycles. The first-order chi connectivity index (χ1) is 9.37. The number of hydrogen-bond acceptors (Lipinski definition) is 2. The third kappa shape index (κ3) is 3.66. The minimum atomic E-state index is -4.31. The van der Waals surface area contributed by atoms with Gasteiger partial charge in [0.05, 0.1) is 11.6 Å². The molecule has 3 nitrogen and oxygen atoms in total. The number of nitrogens with zero attached hydrogens (tertiary/aromatic N) is 1. The Bertz CT molecular complexity index is 575. The number of benzene rings is 1. The molecule has 0 aliphatic heterocycles. The molecule has 1 aromatic heterocycles. The summed E-state index contributed by atoms with van der Waals surface area (Å²) >= 11 is 0. The van der Waals surface area contributed by atoms with Crippen molar-refractivity contribution in [3.63, 3.8) is 0 Å².